The lowest BCUT2D eigenvalue weighted by molar-refractivity contribution is -0.161. The van der Waals surface area contributed by atoms with Crippen LogP contribution in [0.3, 0.4) is 0 Å². The molecule has 0 aromatic carbocycles. The summed E-state index contributed by atoms with van der Waals surface area (Å²) < 4.78 is 68.0. The first-order valence-electron chi connectivity index (χ1n) is 34.2. The van der Waals surface area contributed by atoms with E-state index >= 15 is 0 Å². The molecule has 0 fully saturated rings. The van der Waals surface area contributed by atoms with Crippen LogP contribution in [0, 0.1) is 23.7 Å². The lowest BCUT2D eigenvalue weighted by Gasteiger charge is -2.21. The fourth-order valence-electron chi connectivity index (χ4n) is 9.78. The van der Waals surface area contributed by atoms with Crippen molar-refractivity contribution in [3.63, 3.8) is 0 Å². The van der Waals surface area contributed by atoms with E-state index in [1.54, 1.807) is 0 Å². The Morgan fingerprint density at radius 1 is 0.294 bits per heavy atom. The molecular weight excluding hydrogens is 1130 g/mol. The number of aliphatic hydroxyl groups excluding tert-OH is 1. The molecule has 0 bridgehead atoms. The second-order valence-electron chi connectivity index (χ2n) is 25.8. The van der Waals surface area contributed by atoms with Crippen molar-refractivity contribution in [2.24, 2.45) is 23.7 Å². The number of phosphoric ester groups is 2. The normalized spacial score (nSPS) is 14.4. The molecule has 85 heavy (non-hydrogen) atoms. The van der Waals surface area contributed by atoms with Crippen LogP contribution in [0.4, 0.5) is 0 Å². The molecule has 504 valence electrons. The quantitative estimate of drug-likeness (QED) is 0.0222. The molecule has 17 nitrogen and oxygen atoms in total. The van der Waals surface area contributed by atoms with E-state index in [0.29, 0.717) is 37.5 Å². The van der Waals surface area contributed by atoms with Crippen molar-refractivity contribution >= 4 is 39.5 Å². The summed E-state index contributed by atoms with van der Waals surface area (Å²) in [5.74, 6) is 0.733. The molecular formula is C66H128O17P2. The molecule has 0 aliphatic rings. The second-order valence-corrected chi connectivity index (χ2v) is 28.7. The topological polar surface area (TPSA) is 237 Å². The first-order valence-corrected chi connectivity index (χ1v) is 37.2. The number of ether oxygens (including phenoxy) is 4. The summed E-state index contributed by atoms with van der Waals surface area (Å²) in [6.07, 6.45) is 36.5. The van der Waals surface area contributed by atoms with Crippen molar-refractivity contribution in [3.05, 3.63) is 0 Å². The molecule has 0 saturated heterocycles. The zero-order chi connectivity index (χ0) is 63.2. The van der Waals surface area contributed by atoms with Gasteiger partial charge in [-0.15, -0.1) is 0 Å². The van der Waals surface area contributed by atoms with Crippen LogP contribution < -0.4 is 0 Å². The molecule has 0 heterocycles. The van der Waals surface area contributed by atoms with E-state index < -0.39 is 97.5 Å². The molecule has 0 aromatic heterocycles. The predicted molar refractivity (Wildman–Crippen MR) is 340 cm³/mol. The Kier molecular flexibility index (Phi) is 54.8. The fourth-order valence-corrected chi connectivity index (χ4v) is 11.4. The standard InChI is InChI=1S/C66H128O17P2/c1-56(2)42-34-26-18-14-11-9-10-12-16-20-32-40-48-65(70)82-61(52-76-63(68)46-38-30-24-22-28-36-44-58(5)6)54-80-84(72,73)78-50-60(67)51-79-85(74,75)81-55-62(53-77-64(69)47-39-31-25-23-29-37-45-59(7)8)83-66(71)49-41-33-21-17-13-15-19-27-35-43-57(3)4/h56-62,67H,9-55H2,1-8H3,(H,72,73)(H,74,75)/t60-,61-,62-/m1/s1. The van der Waals surface area contributed by atoms with Crippen LogP contribution in [0.1, 0.15) is 319 Å². The van der Waals surface area contributed by atoms with Crippen molar-refractivity contribution in [2.45, 2.75) is 337 Å². The van der Waals surface area contributed by atoms with E-state index in [2.05, 4.69) is 55.4 Å². The number of esters is 4. The molecule has 2 unspecified atom stereocenters. The molecule has 0 spiro atoms. The van der Waals surface area contributed by atoms with Crippen molar-refractivity contribution in [3.8, 4) is 0 Å². The fraction of sp³-hybridized carbons (Fsp3) is 0.939. The number of hydrogen-bond donors (Lipinski definition) is 3. The van der Waals surface area contributed by atoms with Gasteiger partial charge in [-0.05, 0) is 49.4 Å². The van der Waals surface area contributed by atoms with Gasteiger partial charge in [0.2, 0.25) is 0 Å². The van der Waals surface area contributed by atoms with Crippen LogP contribution in [0.25, 0.3) is 0 Å². The van der Waals surface area contributed by atoms with Gasteiger partial charge in [0, 0.05) is 25.7 Å². The van der Waals surface area contributed by atoms with Gasteiger partial charge in [0.15, 0.2) is 12.2 Å². The molecule has 0 amide bonds. The van der Waals surface area contributed by atoms with Crippen LogP contribution in [-0.2, 0) is 65.4 Å². The predicted octanol–water partition coefficient (Wildman–Crippen LogP) is 18.1. The van der Waals surface area contributed by atoms with Gasteiger partial charge in [-0.3, -0.25) is 37.3 Å². The van der Waals surface area contributed by atoms with Gasteiger partial charge >= 0.3 is 39.5 Å². The van der Waals surface area contributed by atoms with E-state index in [0.717, 1.165) is 115 Å². The molecule has 0 aromatic rings. The Labute approximate surface area is 517 Å². The van der Waals surface area contributed by atoms with E-state index in [4.69, 9.17) is 37.0 Å². The third-order valence-electron chi connectivity index (χ3n) is 15.1. The lowest BCUT2D eigenvalue weighted by atomic mass is 10.0. The number of rotatable bonds is 63. The highest BCUT2D eigenvalue weighted by Gasteiger charge is 2.30. The smallest absolute Gasteiger partial charge is 0.462 e. The summed E-state index contributed by atoms with van der Waals surface area (Å²) in [7, 11) is -9.89. The molecule has 0 saturated carbocycles. The van der Waals surface area contributed by atoms with Gasteiger partial charge in [0.05, 0.1) is 26.4 Å². The Bertz CT molecular complexity index is 1700. The number of carbonyl (C=O) groups excluding carboxylic acids is 4. The molecule has 0 aliphatic carbocycles. The summed E-state index contributed by atoms with van der Waals surface area (Å²) >= 11 is 0. The largest absolute Gasteiger partial charge is 0.472 e. The number of aliphatic hydroxyl groups is 1. The van der Waals surface area contributed by atoms with Crippen molar-refractivity contribution in [1.29, 1.82) is 0 Å². The Morgan fingerprint density at radius 3 is 0.729 bits per heavy atom. The Balaban J connectivity index is 5.23. The molecule has 19 heteroatoms. The SMILES string of the molecule is CC(C)CCCCCCCCCCCCCCC(=O)O[C@H](COC(=O)CCCCCCCCC(C)C)COP(=O)(O)OC[C@@H](O)COP(=O)(O)OC[C@@H](COC(=O)CCCCCCCCC(C)C)OC(=O)CCCCCCCCCCCC(C)C. The van der Waals surface area contributed by atoms with E-state index in [9.17, 15) is 43.2 Å². The minimum Gasteiger partial charge on any atom is -0.462 e. The number of phosphoric acid groups is 2. The summed E-state index contributed by atoms with van der Waals surface area (Å²) in [6, 6.07) is 0. The van der Waals surface area contributed by atoms with Crippen molar-refractivity contribution in [1.82, 2.24) is 0 Å². The monoisotopic (exact) mass is 1250 g/mol. The summed E-state index contributed by atoms with van der Waals surface area (Å²) in [5.41, 5.74) is 0. The first-order chi connectivity index (χ1) is 40.6. The average Bonchev–Trinajstić information content (AvgIpc) is 3.47. The van der Waals surface area contributed by atoms with Gasteiger partial charge in [-0.25, -0.2) is 9.13 Å². The maximum absolute atomic E-state index is 13.0. The molecule has 5 atom stereocenters. The average molecular weight is 1260 g/mol. The summed E-state index contributed by atoms with van der Waals surface area (Å²) in [6.45, 7) is 13.9. The minimum absolute atomic E-state index is 0.103. The number of carbonyl (C=O) groups is 4. The second kappa shape index (κ2) is 56.1. The van der Waals surface area contributed by atoms with Crippen LogP contribution in [-0.4, -0.2) is 96.7 Å². The van der Waals surface area contributed by atoms with E-state index in [1.165, 1.54) is 109 Å². The van der Waals surface area contributed by atoms with Crippen molar-refractivity contribution in [2.75, 3.05) is 39.6 Å². The zero-order valence-electron chi connectivity index (χ0n) is 55.2. The molecule has 0 rings (SSSR count). The van der Waals surface area contributed by atoms with Gasteiger partial charge in [-0.1, -0.05) is 267 Å². The highest BCUT2D eigenvalue weighted by Crippen LogP contribution is 2.45. The van der Waals surface area contributed by atoms with E-state index in [1.807, 2.05) is 0 Å². The number of unbranched alkanes of at least 4 members (excludes halogenated alkanes) is 29. The Hall–Kier alpha value is -1.94. The van der Waals surface area contributed by atoms with Gasteiger partial charge < -0.3 is 33.8 Å². The third-order valence-corrected chi connectivity index (χ3v) is 17.0. The highest BCUT2D eigenvalue weighted by atomic mass is 31.2. The lowest BCUT2D eigenvalue weighted by Crippen LogP contribution is -2.30. The maximum atomic E-state index is 13.0. The van der Waals surface area contributed by atoms with Crippen LogP contribution in [0.2, 0.25) is 0 Å². The Morgan fingerprint density at radius 2 is 0.494 bits per heavy atom. The summed E-state index contributed by atoms with van der Waals surface area (Å²) in [5, 5.41) is 10.5. The van der Waals surface area contributed by atoms with Crippen LogP contribution in [0.15, 0.2) is 0 Å². The van der Waals surface area contributed by atoms with E-state index in [-0.39, 0.29) is 25.7 Å². The minimum atomic E-state index is -4.95. The zero-order valence-corrected chi connectivity index (χ0v) is 57.0. The third kappa shape index (κ3) is 60.7. The van der Waals surface area contributed by atoms with Gasteiger partial charge in [0.25, 0.3) is 0 Å². The maximum Gasteiger partial charge on any atom is 0.472 e. The molecule has 3 N–H and O–H groups in total. The molecule has 0 aliphatic heterocycles. The van der Waals surface area contributed by atoms with Gasteiger partial charge in [-0.2, -0.15) is 0 Å². The number of hydrogen-bond acceptors (Lipinski definition) is 15. The van der Waals surface area contributed by atoms with Crippen molar-refractivity contribution < 1.29 is 80.2 Å². The van der Waals surface area contributed by atoms with Crippen LogP contribution >= 0.6 is 15.6 Å². The highest BCUT2D eigenvalue weighted by molar-refractivity contribution is 7.47. The van der Waals surface area contributed by atoms with Gasteiger partial charge in [0.1, 0.15) is 19.3 Å². The first kappa shape index (κ1) is 83.1. The van der Waals surface area contributed by atoms with Crippen LogP contribution in [0.5, 0.6) is 0 Å². The summed E-state index contributed by atoms with van der Waals surface area (Å²) in [4.78, 5) is 72.3. The molecule has 0 radical (unpaired) electrons.